The molecule has 0 amide bonds. The number of ether oxygens (including phenoxy) is 1. The van der Waals surface area contributed by atoms with Gasteiger partial charge in [0.25, 0.3) is 0 Å². The molecule has 0 bridgehead atoms. The van der Waals surface area contributed by atoms with Crippen LogP contribution in [0.2, 0.25) is 5.02 Å². The van der Waals surface area contributed by atoms with E-state index in [4.69, 9.17) is 21.4 Å². The predicted molar refractivity (Wildman–Crippen MR) is 70.4 cm³/mol. The van der Waals surface area contributed by atoms with Crippen molar-refractivity contribution in [3.05, 3.63) is 41.3 Å². The fourth-order valence-corrected chi connectivity index (χ4v) is 1.82. The summed E-state index contributed by atoms with van der Waals surface area (Å²) >= 11 is 5.95. The molecule has 0 atom stereocenters. The summed E-state index contributed by atoms with van der Waals surface area (Å²) in [5.74, 6) is -0.119. The van der Waals surface area contributed by atoms with E-state index in [9.17, 15) is 4.79 Å². The van der Waals surface area contributed by atoms with E-state index < -0.39 is 5.97 Å². The van der Waals surface area contributed by atoms with Crippen LogP contribution in [0.4, 0.5) is 0 Å². The molecule has 1 N–H and O–H groups in total. The van der Waals surface area contributed by atoms with Gasteiger partial charge in [-0.15, -0.1) is 0 Å². The molecule has 0 unspecified atom stereocenters. The Labute approximate surface area is 114 Å². The highest BCUT2D eigenvalue weighted by molar-refractivity contribution is 6.30. The van der Waals surface area contributed by atoms with Crippen molar-refractivity contribution < 1.29 is 14.6 Å². The number of carbonyl (C=O) groups is 1. The second-order valence-electron chi connectivity index (χ2n) is 3.77. The van der Waals surface area contributed by atoms with Crippen molar-refractivity contribution in [1.29, 1.82) is 0 Å². The summed E-state index contributed by atoms with van der Waals surface area (Å²) in [5.41, 5.74) is 1.27. The summed E-state index contributed by atoms with van der Waals surface area (Å²) in [6, 6.07) is 6.84. The molecule has 0 aliphatic carbocycles. The molecular weight excluding hydrogens is 268 g/mol. The first-order valence-electron chi connectivity index (χ1n) is 5.48. The fraction of sp³-hybridized carbons (Fsp3) is 0.154. The van der Waals surface area contributed by atoms with Crippen molar-refractivity contribution in [3.63, 3.8) is 0 Å². The number of aromatic nitrogens is 2. The maximum atomic E-state index is 10.7. The molecule has 0 aliphatic rings. The molecule has 5 nitrogen and oxygen atoms in total. The first kappa shape index (κ1) is 13.3. The Kier molecular flexibility index (Phi) is 3.97. The van der Waals surface area contributed by atoms with E-state index in [0.717, 1.165) is 0 Å². The zero-order valence-electron chi connectivity index (χ0n) is 10.1. The molecule has 1 aromatic heterocycles. The summed E-state index contributed by atoms with van der Waals surface area (Å²) in [6.45, 7) is 0. The smallest absolute Gasteiger partial charge is 0.311 e. The number of carboxylic acids is 1. The summed E-state index contributed by atoms with van der Waals surface area (Å²) in [5, 5.41) is 9.30. The van der Waals surface area contributed by atoms with Crippen LogP contribution in [0.25, 0.3) is 11.3 Å². The molecule has 6 heteroatoms. The number of halogens is 1. The van der Waals surface area contributed by atoms with Gasteiger partial charge in [0, 0.05) is 16.8 Å². The summed E-state index contributed by atoms with van der Waals surface area (Å²) in [4.78, 5) is 18.8. The van der Waals surface area contributed by atoms with Crippen LogP contribution in [0.15, 0.2) is 30.5 Å². The van der Waals surface area contributed by atoms with E-state index in [1.54, 1.807) is 31.4 Å². The molecule has 98 valence electrons. The van der Waals surface area contributed by atoms with Crippen molar-refractivity contribution in [1.82, 2.24) is 9.97 Å². The third-order valence-electron chi connectivity index (χ3n) is 2.45. The van der Waals surface area contributed by atoms with Crippen molar-refractivity contribution in [2.75, 3.05) is 7.11 Å². The maximum Gasteiger partial charge on any atom is 0.311 e. The van der Waals surface area contributed by atoms with Gasteiger partial charge in [0.05, 0.1) is 12.8 Å². The van der Waals surface area contributed by atoms with Crippen LogP contribution in [-0.2, 0) is 11.2 Å². The van der Waals surface area contributed by atoms with Gasteiger partial charge >= 0.3 is 5.97 Å². The van der Waals surface area contributed by atoms with Gasteiger partial charge in [-0.2, -0.15) is 0 Å². The standard InChI is InChI=1S/C13H11ClN2O3/c1-19-11-3-2-8(14)6-9(11)10-4-5-15-12(16-10)7-13(17)18/h2-6H,7H2,1H3,(H,17,18). The largest absolute Gasteiger partial charge is 0.496 e. The lowest BCUT2D eigenvalue weighted by molar-refractivity contribution is -0.136. The molecule has 0 fully saturated rings. The van der Waals surface area contributed by atoms with Crippen LogP contribution in [0.3, 0.4) is 0 Å². The Morgan fingerprint density at radius 1 is 1.42 bits per heavy atom. The number of aliphatic carboxylic acids is 1. The summed E-state index contributed by atoms with van der Waals surface area (Å²) in [7, 11) is 1.55. The number of rotatable bonds is 4. The highest BCUT2D eigenvalue weighted by atomic mass is 35.5. The van der Waals surface area contributed by atoms with Crippen molar-refractivity contribution in [2.24, 2.45) is 0 Å². The summed E-state index contributed by atoms with van der Waals surface area (Å²) in [6.07, 6.45) is 1.29. The van der Waals surface area contributed by atoms with E-state index in [2.05, 4.69) is 9.97 Å². The number of nitrogens with zero attached hydrogens (tertiary/aromatic N) is 2. The molecule has 19 heavy (non-hydrogen) atoms. The normalized spacial score (nSPS) is 10.2. The minimum atomic E-state index is -0.977. The molecule has 0 saturated heterocycles. The van der Waals surface area contributed by atoms with Crippen molar-refractivity contribution in [3.8, 4) is 17.0 Å². The van der Waals surface area contributed by atoms with E-state index in [-0.39, 0.29) is 12.2 Å². The Morgan fingerprint density at radius 2 is 2.21 bits per heavy atom. The number of hydrogen-bond acceptors (Lipinski definition) is 4. The number of hydrogen-bond donors (Lipinski definition) is 1. The lowest BCUT2D eigenvalue weighted by atomic mass is 10.1. The quantitative estimate of drug-likeness (QED) is 0.930. The van der Waals surface area contributed by atoms with Crippen LogP contribution in [0.1, 0.15) is 5.82 Å². The lowest BCUT2D eigenvalue weighted by Gasteiger charge is -2.08. The van der Waals surface area contributed by atoms with Gasteiger partial charge in [0.1, 0.15) is 18.0 Å². The average Bonchev–Trinajstić information content (AvgIpc) is 2.38. The van der Waals surface area contributed by atoms with Crippen LogP contribution in [0.5, 0.6) is 5.75 Å². The first-order valence-corrected chi connectivity index (χ1v) is 5.85. The van der Waals surface area contributed by atoms with Gasteiger partial charge in [0.2, 0.25) is 0 Å². The van der Waals surface area contributed by atoms with Gasteiger partial charge in [-0.3, -0.25) is 4.79 Å². The molecule has 0 spiro atoms. The minimum absolute atomic E-state index is 0.225. The lowest BCUT2D eigenvalue weighted by Crippen LogP contribution is -2.05. The number of carboxylic acid groups (broad SMARTS) is 1. The highest BCUT2D eigenvalue weighted by Crippen LogP contribution is 2.31. The Bertz CT molecular complexity index is 617. The third kappa shape index (κ3) is 3.20. The van der Waals surface area contributed by atoms with E-state index in [1.807, 2.05) is 0 Å². The number of methoxy groups -OCH3 is 1. The zero-order chi connectivity index (χ0) is 13.8. The van der Waals surface area contributed by atoms with Gasteiger partial charge in [-0.1, -0.05) is 11.6 Å². The van der Waals surface area contributed by atoms with E-state index in [1.165, 1.54) is 6.20 Å². The minimum Gasteiger partial charge on any atom is -0.496 e. The molecule has 1 heterocycles. The zero-order valence-corrected chi connectivity index (χ0v) is 10.9. The maximum absolute atomic E-state index is 10.7. The molecule has 1 aromatic carbocycles. The molecular formula is C13H11ClN2O3. The Balaban J connectivity index is 2.46. The van der Waals surface area contributed by atoms with Crippen LogP contribution in [0, 0.1) is 0 Å². The first-order chi connectivity index (χ1) is 9.10. The van der Waals surface area contributed by atoms with Gasteiger partial charge < -0.3 is 9.84 Å². The van der Waals surface area contributed by atoms with E-state index >= 15 is 0 Å². The van der Waals surface area contributed by atoms with Crippen molar-refractivity contribution >= 4 is 17.6 Å². The Hall–Kier alpha value is -2.14. The fourth-order valence-electron chi connectivity index (χ4n) is 1.65. The second kappa shape index (κ2) is 5.67. The third-order valence-corrected chi connectivity index (χ3v) is 2.69. The molecule has 0 saturated carbocycles. The molecule has 2 rings (SSSR count). The van der Waals surface area contributed by atoms with Gasteiger partial charge in [0.15, 0.2) is 0 Å². The van der Waals surface area contributed by atoms with Gasteiger partial charge in [-0.05, 0) is 24.3 Å². The van der Waals surface area contributed by atoms with E-state index in [0.29, 0.717) is 22.0 Å². The van der Waals surface area contributed by atoms with Crippen LogP contribution in [-0.4, -0.2) is 28.2 Å². The molecule has 0 radical (unpaired) electrons. The number of benzene rings is 1. The van der Waals surface area contributed by atoms with Gasteiger partial charge in [-0.25, -0.2) is 9.97 Å². The Morgan fingerprint density at radius 3 is 2.89 bits per heavy atom. The topological polar surface area (TPSA) is 72.3 Å². The SMILES string of the molecule is COc1ccc(Cl)cc1-c1ccnc(CC(=O)O)n1. The van der Waals surface area contributed by atoms with Crippen LogP contribution < -0.4 is 4.74 Å². The van der Waals surface area contributed by atoms with Crippen molar-refractivity contribution in [2.45, 2.75) is 6.42 Å². The predicted octanol–water partition coefficient (Wildman–Crippen LogP) is 2.43. The van der Waals surface area contributed by atoms with Crippen LogP contribution >= 0.6 is 11.6 Å². The summed E-state index contributed by atoms with van der Waals surface area (Å²) < 4.78 is 5.24. The molecule has 0 aliphatic heterocycles. The average molecular weight is 279 g/mol. The highest BCUT2D eigenvalue weighted by Gasteiger charge is 2.10. The second-order valence-corrected chi connectivity index (χ2v) is 4.21. The molecule has 2 aromatic rings. The monoisotopic (exact) mass is 278 g/mol.